The molecular weight excluding hydrogens is 355 g/mol. The topological polar surface area (TPSA) is 47.3 Å². The molecular formula is C20H12F3N3O. The SMILES string of the molecule is O=Cc1ccc(-c2nc3nc(C(F)(F)F)cn3cc2-c2ccccc2)cc1. The Balaban J connectivity index is 1.97. The Labute approximate surface area is 151 Å². The first kappa shape index (κ1) is 17.0. The molecule has 0 aliphatic heterocycles. The number of halogens is 3. The monoisotopic (exact) mass is 367 g/mol. The molecule has 2 aromatic carbocycles. The number of imidazole rings is 1. The van der Waals surface area contributed by atoms with E-state index in [1.54, 1.807) is 30.5 Å². The lowest BCUT2D eigenvalue weighted by atomic mass is 10.00. The van der Waals surface area contributed by atoms with Crippen LogP contribution in [0.25, 0.3) is 28.2 Å². The van der Waals surface area contributed by atoms with Crippen LogP contribution in [-0.4, -0.2) is 20.7 Å². The maximum absolute atomic E-state index is 13.0. The van der Waals surface area contributed by atoms with Crippen LogP contribution in [0.3, 0.4) is 0 Å². The maximum Gasteiger partial charge on any atom is 0.434 e. The minimum absolute atomic E-state index is 0.0449. The number of hydrogen-bond acceptors (Lipinski definition) is 3. The molecule has 2 heterocycles. The van der Waals surface area contributed by atoms with Crippen LogP contribution < -0.4 is 0 Å². The van der Waals surface area contributed by atoms with E-state index in [2.05, 4.69) is 9.97 Å². The summed E-state index contributed by atoms with van der Waals surface area (Å²) in [6, 6.07) is 15.9. The smallest absolute Gasteiger partial charge is 0.298 e. The molecule has 0 N–H and O–H groups in total. The van der Waals surface area contributed by atoms with Crippen molar-refractivity contribution in [1.29, 1.82) is 0 Å². The molecule has 0 saturated heterocycles. The quantitative estimate of drug-likeness (QED) is 0.484. The van der Waals surface area contributed by atoms with E-state index in [1.807, 2.05) is 30.3 Å². The number of carbonyl (C=O) groups excluding carboxylic acids is 1. The van der Waals surface area contributed by atoms with Gasteiger partial charge in [0, 0.05) is 29.1 Å². The van der Waals surface area contributed by atoms with Gasteiger partial charge in [-0.1, -0.05) is 54.6 Å². The molecule has 4 nitrogen and oxygen atoms in total. The summed E-state index contributed by atoms with van der Waals surface area (Å²) in [4.78, 5) is 18.9. The van der Waals surface area contributed by atoms with Gasteiger partial charge in [0.05, 0.1) is 5.69 Å². The average molecular weight is 367 g/mol. The van der Waals surface area contributed by atoms with Gasteiger partial charge in [-0.25, -0.2) is 9.97 Å². The van der Waals surface area contributed by atoms with Crippen molar-refractivity contribution >= 4 is 12.1 Å². The van der Waals surface area contributed by atoms with Crippen molar-refractivity contribution in [1.82, 2.24) is 14.4 Å². The van der Waals surface area contributed by atoms with Crippen LogP contribution in [0.4, 0.5) is 13.2 Å². The van der Waals surface area contributed by atoms with Crippen LogP contribution in [0, 0.1) is 0 Å². The molecule has 0 bridgehead atoms. The van der Waals surface area contributed by atoms with Gasteiger partial charge < -0.3 is 0 Å². The summed E-state index contributed by atoms with van der Waals surface area (Å²) in [5, 5.41) is 0. The molecule has 27 heavy (non-hydrogen) atoms. The molecule has 0 amide bonds. The molecule has 134 valence electrons. The molecule has 0 unspecified atom stereocenters. The van der Waals surface area contributed by atoms with Gasteiger partial charge >= 0.3 is 6.18 Å². The van der Waals surface area contributed by atoms with Crippen molar-refractivity contribution in [3.05, 3.63) is 78.2 Å². The first-order valence-corrected chi connectivity index (χ1v) is 8.04. The zero-order chi connectivity index (χ0) is 19.0. The highest BCUT2D eigenvalue weighted by Crippen LogP contribution is 2.33. The van der Waals surface area contributed by atoms with E-state index < -0.39 is 11.9 Å². The number of benzene rings is 2. The average Bonchev–Trinajstić information content (AvgIpc) is 3.11. The van der Waals surface area contributed by atoms with Crippen LogP contribution in [0.1, 0.15) is 16.1 Å². The molecule has 0 aliphatic carbocycles. The second-order valence-corrected chi connectivity index (χ2v) is 5.94. The van der Waals surface area contributed by atoms with E-state index in [0.29, 0.717) is 22.4 Å². The number of hydrogen-bond donors (Lipinski definition) is 0. The molecule has 4 rings (SSSR count). The Hall–Kier alpha value is -3.48. The fourth-order valence-corrected chi connectivity index (χ4v) is 2.83. The van der Waals surface area contributed by atoms with Gasteiger partial charge in [0.25, 0.3) is 0 Å². The van der Waals surface area contributed by atoms with E-state index in [4.69, 9.17) is 0 Å². The van der Waals surface area contributed by atoms with E-state index in [0.717, 1.165) is 18.0 Å². The minimum atomic E-state index is -4.55. The van der Waals surface area contributed by atoms with E-state index in [-0.39, 0.29) is 5.78 Å². The van der Waals surface area contributed by atoms with Gasteiger partial charge in [0.2, 0.25) is 5.78 Å². The van der Waals surface area contributed by atoms with Gasteiger partial charge in [-0.3, -0.25) is 9.20 Å². The molecule has 7 heteroatoms. The molecule has 0 saturated carbocycles. The summed E-state index contributed by atoms with van der Waals surface area (Å²) in [5.74, 6) is -0.0449. The van der Waals surface area contributed by atoms with Crippen LogP contribution >= 0.6 is 0 Å². The summed E-state index contributed by atoms with van der Waals surface area (Å²) in [6.45, 7) is 0. The van der Waals surface area contributed by atoms with Gasteiger partial charge in [0.1, 0.15) is 6.29 Å². The molecule has 2 aromatic heterocycles. The summed E-state index contributed by atoms with van der Waals surface area (Å²) < 4.78 is 40.3. The first-order valence-electron chi connectivity index (χ1n) is 8.04. The van der Waals surface area contributed by atoms with Crippen LogP contribution in [0.5, 0.6) is 0 Å². The number of fused-ring (bicyclic) bond motifs is 1. The highest BCUT2D eigenvalue weighted by atomic mass is 19.4. The summed E-state index contributed by atoms with van der Waals surface area (Å²) in [6.07, 6.45) is -1.31. The number of aromatic nitrogens is 3. The normalized spacial score (nSPS) is 11.7. The molecule has 4 aromatic rings. The Morgan fingerprint density at radius 1 is 0.852 bits per heavy atom. The standard InChI is InChI=1S/C20H12F3N3O/c21-20(22,23)17-11-26-10-16(14-4-2-1-3-5-14)18(25-19(26)24-17)15-8-6-13(12-27)7-9-15/h1-12H. The number of rotatable bonds is 3. The Morgan fingerprint density at radius 2 is 1.56 bits per heavy atom. The van der Waals surface area contributed by atoms with Crippen LogP contribution in [0.2, 0.25) is 0 Å². The molecule has 0 fully saturated rings. The third kappa shape index (κ3) is 3.19. The van der Waals surface area contributed by atoms with Gasteiger partial charge in [0.15, 0.2) is 5.69 Å². The summed E-state index contributed by atoms with van der Waals surface area (Å²) >= 11 is 0. The Kier molecular flexibility index (Phi) is 3.99. The zero-order valence-electron chi connectivity index (χ0n) is 13.8. The second kappa shape index (κ2) is 6.35. The van der Waals surface area contributed by atoms with Crippen molar-refractivity contribution in [3.63, 3.8) is 0 Å². The van der Waals surface area contributed by atoms with Crippen molar-refractivity contribution < 1.29 is 18.0 Å². The molecule has 0 aliphatic rings. The van der Waals surface area contributed by atoms with E-state index >= 15 is 0 Å². The molecule has 0 spiro atoms. The molecule has 0 radical (unpaired) electrons. The predicted octanol–water partition coefficient (Wildman–Crippen LogP) is 4.89. The second-order valence-electron chi connectivity index (χ2n) is 5.94. The lowest BCUT2D eigenvalue weighted by molar-refractivity contribution is -0.140. The lowest BCUT2D eigenvalue weighted by Gasteiger charge is -2.10. The third-order valence-electron chi connectivity index (χ3n) is 4.14. The number of aldehydes is 1. The van der Waals surface area contributed by atoms with Gasteiger partial charge in [-0.2, -0.15) is 13.2 Å². The minimum Gasteiger partial charge on any atom is -0.298 e. The predicted molar refractivity (Wildman–Crippen MR) is 94.2 cm³/mol. The van der Waals surface area contributed by atoms with Crippen molar-refractivity contribution in [2.45, 2.75) is 6.18 Å². The number of carbonyl (C=O) groups is 1. The lowest BCUT2D eigenvalue weighted by Crippen LogP contribution is -2.04. The van der Waals surface area contributed by atoms with Gasteiger partial charge in [-0.05, 0) is 5.56 Å². The van der Waals surface area contributed by atoms with E-state index in [1.165, 1.54) is 4.40 Å². The third-order valence-corrected chi connectivity index (χ3v) is 4.14. The number of nitrogens with zero attached hydrogens (tertiary/aromatic N) is 3. The van der Waals surface area contributed by atoms with Gasteiger partial charge in [-0.15, -0.1) is 0 Å². The van der Waals surface area contributed by atoms with Crippen LogP contribution in [0.15, 0.2) is 67.0 Å². The fraction of sp³-hybridized carbons (Fsp3) is 0.0500. The summed E-state index contributed by atoms with van der Waals surface area (Å²) in [5.41, 5.74) is 2.14. The largest absolute Gasteiger partial charge is 0.434 e. The maximum atomic E-state index is 13.0. The Bertz CT molecular complexity index is 1120. The highest BCUT2D eigenvalue weighted by molar-refractivity contribution is 5.83. The van der Waals surface area contributed by atoms with Crippen LogP contribution in [-0.2, 0) is 6.18 Å². The zero-order valence-corrected chi connectivity index (χ0v) is 13.8. The number of alkyl halides is 3. The van der Waals surface area contributed by atoms with Crippen molar-refractivity contribution in [2.75, 3.05) is 0 Å². The van der Waals surface area contributed by atoms with Crippen molar-refractivity contribution in [3.8, 4) is 22.4 Å². The Morgan fingerprint density at radius 3 is 2.19 bits per heavy atom. The van der Waals surface area contributed by atoms with E-state index in [9.17, 15) is 18.0 Å². The first-order chi connectivity index (χ1) is 13.0. The molecule has 0 atom stereocenters. The highest BCUT2D eigenvalue weighted by Gasteiger charge is 2.34. The summed E-state index contributed by atoms with van der Waals surface area (Å²) in [7, 11) is 0. The fourth-order valence-electron chi connectivity index (χ4n) is 2.83. The van der Waals surface area contributed by atoms with Crippen molar-refractivity contribution in [2.24, 2.45) is 0 Å².